The number of allylic oxidation sites excluding steroid dienone is 4. The van der Waals surface area contributed by atoms with Crippen LogP contribution in [0.3, 0.4) is 0 Å². The van der Waals surface area contributed by atoms with Crippen LogP contribution in [0.15, 0.2) is 42.5 Å². The van der Waals surface area contributed by atoms with E-state index in [1.165, 1.54) is 16.4 Å². The number of hydrogen-bond donors (Lipinski definition) is 0. The first-order valence-electron chi connectivity index (χ1n) is 5.18. The minimum absolute atomic E-state index is 0.578. The minimum atomic E-state index is 0.578. The van der Waals surface area contributed by atoms with Gasteiger partial charge in [0.25, 0.3) is 0 Å². The smallest absolute Gasteiger partial charge is 0.00221 e. The summed E-state index contributed by atoms with van der Waals surface area (Å²) in [5.74, 6) is 0.602. The van der Waals surface area contributed by atoms with Gasteiger partial charge in [-0.05, 0) is 28.0 Å². The molecule has 1 aliphatic carbocycles. The van der Waals surface area contributed by atoms with Gasteiger partial charge in [0.1, 0.15) is 0 Å². The summed E-state index contributed by atoms with van der Waals surface area (Å²) in [5, 5.41) is 1.23. The zero-order valence-corrected chi connectivity index (χ0v) is 11.2. The largest absolute Gasteiger partial charge is 0.130 e. The molecule has 0 saturated carbocycles. The molecular formula is C13H16P2. The average molecular weight is 234 g/mol. The maximum atomic E-state index is 2.87. The third-order valence-corrected chi connectivity index (χ3v) is 4.01. The van der Waals surface area contributed by atoms with Gasteiger partial charge in [0, 0.05) is 0 Å². The van der Waals surface area contributed by atoms with Gasteiger partial charge in [0.05, 0.1) is 0 Å². The molecule has 2 heteroatoms. The number of hydrogen-bond acceptors (Lipinski definition) is 0. The quantitative estimate of drug-likeness (QED) is 0.655. The van der Waals surface area contributed by atoms with E-state index in [0.29, 0.717) is 11.6 Å². The Labute approximate surface area is 96.3 Å². The molecule has 78 valence electrons. The summed E-state index contributed by atoms with van der Waals surface area (Å²) in [4.78, 5) is 0. The third-order valence-electron chi connectivity index (χ3n) is 2.79. The van der Waals surface area contributed by atoms with Crippen molar-refractivity contribution >= 4 is 29.4 Å². The van der Waals surface area contributed by atoms with E-state index in [9.17, 15) is 0 Å². The molecule has 0 radical (unpaired) electrons. The standard InChI is InChI=1S/C13H16P2/c1-9-8-11(4-7-13(9)15)10-2-5-12(14)6-3-10/h2-9,13H,14-15H2,1H3. The summed E-state index contributed by atoms with van der Waals surface area (Å²) < 4.78 is 0. The van der Waals surface area contributed by atoms with Gasteiger partial charge in [-0.2, -0.15) is 0 Å². The summed E-state index contributed by atoms with van der Waals surface area (Å²) in [6, 6.07) is 8.61. The molecule has 4 unspecified atom stereocenters. The van der Waals surface area contributed by atoms with Crippen LogP contribution >= 0.6 is 18.5 Å². The molecule has 0 N–H and O–H groups in total. The SMILES string of the molecule is CC1C=C(c2ccc(P)cc2)C=CC1P. The first-order valence-corrected chi connectivity index (χ1v) is 6.43. The van der Waals surface area contributed by atoms with Crippen molar-refractivity contribution in [1.82, 2.24) is 0 Å². The van der Waals surface area contributed by atoms with Gasteiger partial charge in [0.2, 0.25) is 0 Å². The van der Waals surface area contributed by atoms with E-state index >= 15 is 0 Å². The summed E-state index contributed by atoms with van der Waals surface area (Å²) in [6.45, 7) is 2.26. The van der Waals surface area contributed by atoms with Crippen molar-refractivity contribution in [2.75, 3.05) is 0 Å². The lowest BCUT2D eigenvalue weighted by molar-refractivity contribution is 0.756. The second-order valence-electron chi connectivity index (χ2n) is 4.04. The van der Waals surface area contributed by atoms with Crippen molar-refractivity contribution in [3.05, 3.63) is 48.1 Å². The third kappa shape index (κ3) is 2.57. The van der Waals surface area contributed by atoms with E-state index in [2.05, 4.69) is 67.9 Å². The van der Waals surface area contributed by atoms with Crippen LogP contribution < -0.4 is 5.30 Å². The van der Waals surface area contributed by atoms with E-state index < -0.39 is 0 Å². The first-order chi connectivity index (χ1) is 7.16. The summed E-state index contributed by atoms with van der Waals surface area (Å²) in [7, 11) is 5.58. The van der Waals surface area contributed by atoms with Crippen molar-refractivity contribution in [2.24, 2.45) is 5.92 Å². The lowest BCUT2D eigenvalue weighted by Crippen LogP contribution is -2.09. The Bertz CT molecular complexity index is 401. The van der Waals surface area contributed by atoms with Crippen LogP contribution in [0.1, 0.15) is 12.5 Å². The fourth-order valence-electron chi connectivity index (χ4n) is 1.71. The van der Waals surface area contributed by atoms with Gasteiger partial charge in [-0.25, -0.2) is 0 Å². The molecule has 0 bridgehead atoms. The minimum Gasteiger partial charge on any atom is -0.130 e. The maximum Gasteiger partial charge on any atom is -0.00221 e. The van der Waals surface area contributed by atoms with Gasteiger partial charge in [-0.1, -0.05) is 49.4 Å². The highest BCUT2D eigenvalue weighted by Crippen LogP contribution is 2.28. The fourth-order valence-corrected chi connectivity index (χ4v) is 2.12. The molecule has 1 aromatic rings. The molecule has 0 heterocycles. The average Bonchev–Trinajstić information content (AvgIpc) is 2.23. The molecular weight excluding hydrogens is 218 g/mol. The van der Waals surface area contributed by atoms with E-state index in [4.69, 9.17) is 0 Å². The van der Waals surface area contributed by atoms with Crippen molar-refractivity contribution in [1.29, 1.82) is 0 Å². The van der Waals surface area contributed by atoms with E-state index in [-0.39, 0.29) is 0 Å². The van der Waals surface area contributed by atoms with E-state index in [1.54, 1.807) is 0 Å². The number of rotatable bonds is 1. The molecule has 0 amide bonds. The molecule has 1 aromatic carbocycles. The van der Waals surface area contributed by atoms with E-state index in [1.807, 2.05) is 0 Å². The van der Waals surface area contributed by atoms with Crippen LogP contribution in [0, 0.1) is 5.92 Å². The Kier molecular flexibility index (Phi) is 3.39. The molecule has 0 aromatic heterocycles. The summed E-state index contributed by atoms with van der Waals surface area (Å²) >= 11 is 0. The Hall–Kier alpha value is -0.440. The van der Waals surface area contributed by atoms with Crippen molar-refractivity contribution < 1.29 is 0 Å². The Morgan fingerprint density at radius 2 is 1.80 bits per heavy atom. The molecule has 2 rings (SSSR count). The van der Waals surface area contributed by atoms with Crippen LogP contribution in [0.5, 0.6) is 0 Å². The molecule has 0 aliphatic heterocycles. The number of benzene rings is 1. The zero-order chi connectivity index (χ0) is 10.8. The van der Waals surface area contributed by atoms with Gasteiger partial charge in [-0.15, -0.1) is 18.5 Å². The second-order valence-corrected chi connectivity index (χ2v) is 5.48. The first kappa shape index (κ1) is 11.1. The molecule has 4 atom stereocenters. The molecule has 15 heavy (non-hydrogen) atoms. The molecule has 0 fully saturated rings. The van der Waals surface area contributed by atoms with Crippen molar-refractivity contribution in [2.45, 2.75) is 12.6 Å². The van der Waals surface area contributed by atoms with Crippen LogP contribution in [-0.4, -0.2) is 5.66 Å². The van der Waals surface area contributed by atoms with Crippen LogP contribution in [0.4, 0.5) is 0 Å². The topological polar surface area (TPSA) is 0 Å². The van der Waals surface area contributed by atoms with Gasteiger partial charge < -0.3 is 0 Å². The lowest BCUT2D eigenvalue weighted by Gasteiger charge is -2.19. The lowest BCUT2D eigenvalue weighted by atomic mass is 9.93. The highest BCUT2D eigenvalue weighted by molar-refractivity contribution is 7.27. The Morgan fingerprint density at radius 3 is 2.40 bits per heavy atom. The van der Waals surface area contributed by atoms with Crippen LogP contribution in [-0.2, 0) is 0 Å². The molecule has 1 aliphatic rings. The van der Waals surface area contributed by atoms with Crippen LogP contribution in [0.25, 0.3) is 5.57 Å². The van der Waals surface area contributed by atoms with E-state index in [0.717, 1.165) is 0 Å². The van der Waals surface area contributed by atoms with Crippen molar-refractivity contribution in [3.8, 4) is 0 Å². The Morgan fingerprint density at radius 1 is 1.13 bits per heavy atom. The normalized spacial score (nSPS) is 25.1. The summed E-state index contributed by atoms with van der Waals surface area (Å²) in [6.07, 6.45) is 6.82. The van der Waals surface area contributed by atoms with Crippen LogP contribution in [0.2, 0.25) is 0 Å². The highest BCUT2D eigenvalue weighted by atomic mass is 31.0. The molecule has 0 saturated heterocycles. The van der Waals surface area contributed by atoms with Gasteiger partial charge in [-0.3, -0.25) is 0 Å². The molecule has 0 nitrogen and oxygen atoms in total. The predicted octanol–water partition coefficient (Wildman–Crippen LogP) is 3.02. The fraction of sp³-hybridized carbons (Fsp3) is 0.231. The highest BCUT2D eigenvalue weighted by Gasteiger charge is 2.12. The maximum absolute atomic E-state index is 2.87. The molecule has 0 spiro atoms. The predicted molar refractivity (Wildman–Crippen MR) is 75.6 cm³/mol. The van der Waals surface area contributed by atoms with Gasteiger partial charge >= 0.3 is 0 Å². The zero-order valence-electron chi connectivity index (χ0n) is 8.85. The summed E-state index contributed by atoms with van der Waals surface area (Å²) in [5.41, 5.74) is 3.22. The van der Waals surface area contributed by atoms with Crippen molar-refractivity contribution in [3.63, 3.8) is 0 Å². The van der Waals surface area contributed by atoms with Gasteiger partial charge in [0.15, 0.2) is 0 Å². The monoisotopic (exact) mass is 234 g/mol. The Balaban J connectivity index is 2.29. The second kappa shape index (κ2) is 4.60.